The lowest BCUT2D eigenvalue weighted by molar-refractivity contribution is 0.00463. The lowest BCUT2D eigenvalue weighted by Crippen LogP contribution is -2.48. The van der Waals surface area contributed by atoms with Crippen LogP contribution in [-0.4, -0.2) is 62.7 Å². The van der Waals surface area contributed by atoms with E-state index in [1.807, 2.05) is 26.0 Å². The maximum atomic E-state index is 15.1. The van der Waals surface area contributed by atoms with Gasteiger partial charge in [0.1, 0.15) is 5.67 Å². The van der Waals surface area contributed by atoms with Crippen LogP contribution >= 0.6 is 0 Å². The summed E-state index contributed by atoms with van der Waals surface area (Å²) in [5, 5.41) is 0. The highest BCUT2D eigenvalue weighted by molar-refractivity contribution is 7.89. The van der Waals surface area contributed by atoms with E-state index in [0.717, 1.165) is 18.5 Å². The Morgan fingerprint density at radius 2 is 1.88 bits per heavy atom. The van der Waals surface area contributed by atoms with Gasteiger partial charge in [0.15, 0.2) is 0 Å². The third-order valence-electron chi connectivity index (χ3n) is 5.54. The number of alkyl halides is 1. The van der Waals surface area contributed by atoms with E-state index in [0.29, 0.717) is 50.7 Å². The van der Waals surface area contributed by atoms with Crippen molar-refractivity contribution < 1.29 is 17.5 Å². The summed E-state index contributed by atoms with van der Waals surface area (Å²) in [7, 11) is -3.56. The van der Waals surface area contributed by atoms with Gasteiger partial charge in [-0.15, -0.1) is 0 Å². The number of rotatable bonds is 5. The van der Waals surface area contributed by atoms with Gasteiger partial charge in [0.25, 0.3) is 0 Å². The molecule has 7 heteroatoms. The van der Waals surface area contributed by atoms with Crippen molar-refractivity contribution in [2.24, 2.45) is 5.92 Å². The maximum absolute atomic E-state index is 15.1. The minimum atomic E-state index is -3.56. The predicted molar refractivity (Wildman–Crippen MR) is 99.2 cm³/mol. The lowest BCUT2D eigenvalue weighted by Gasteiger charge is -2.40. The zero-order valence-corrected chi connectivity index (χ0v) is 16.5. The molecule has 0 radical (unpaired) electrons. The Balaban J connectivity index is 1.81. The molecule has 26 heavy (non-hydrogen) atoms. The van der Waals surface area contributed by atoms with Crippen molar-refractivity contribution in [1.82, 2.24) is 9.21 Å². The number of likely N-dealkylation sites (tertiary alicyclic amines) is 1. The fourth-order valence-electron chi connectivity index (χ4n) is 3.79. The standard InChI is InChI=1S/C19H29FN2O3S/c1-16(2)19(20)8-5-9-21(15-19)14-17-6-3-4-7-18(17)26(23,24)22-10-12-25-13-11-22/h3-4,6-7,16H,5,8-15H2,1-2H3. The number of benzene rings is 1. The number of hydrogen-bond donors (Lipinski definition) is 0. The summed E-state index contributed by atoms with van der Waals surface area (Å²) in [4.78, 5) is 2.39. The van der Waals surface area contributed by atoms with E-state index in [4.69, 9.17) is 4.74 Å². The van der Waals surface area contributed by atoms with Gasteiger partial charge < -0.3 is 4.74 Å². The first-order valence-electron chi connectivity index (χ1n) is 9.40. The van der Waals surface area contributed by atoms with Crippen LogP contribution in [0.4, 0.5) is 4.39 Å². The first kappa shape index (κ1) is 19.7. The van der Waals surface area contributed by atoms with E-state index in [-0.39, 0.29) is 5.92 Å². The molecule has 1 atom stereocenters. The van der Waals surface area contributed by atoms with Crippen molar-refractivity contribution >= 4 is 10.0 Å². The summed E-state index contributed by atoms with van der Waals surface area (Å²) in [6, 6.07) is 7.11. The van der Waals surface area contributed by atoms with Crippen LogP contribution in [0.3, 0.4) is 0 Å². The van der Waals surface area contributed by atoms with Crippen LogP contribution in [-0.2, 0) is 21.3 Å². The molecule has 0 saturated carbocycles. The molecule has 0 aliphatic carbocycles. The molecule has 1 aromatic rings. The van der Waals surface area contributed by atoms with Gasteiger partial charge in [-0.05, 0) is 36.9 Å². The second-order valence-corrected chi connectivity index (χ2v) is 9.53. The summed E-state index contributed by atoms with van der Waals surface area (Å²) >= 11 is 0. The van der Waals surface area contributed by atoms with Gasteiger partial charge in [-0.2, -0.15) is 4.31 Å². The largest absolute Gasteiger partial charge is 0.379 e. The van der Waals surface area contributed by atoms with Crippen molar-refractivity contribution in [2.45, 2.75) is 43.8 Å². The molecule has 2 heterocycles. The Morgan fingerprint density at radius 3 is 2.58 bits per heavy atom. The molecule has 0 amide bonds. The first-order valence-corrected chi connectivity index (χ1v) is 10.8. The average molecular weight is 385 g/mol. The normalized spacial score (nSPS) is 26.3. The minimum absolute atomic E-state index is 0.0439. The first-order chi connectivity index (χ1) is 12.3. The Hall–Kier alpha value is -1.02. The lowest BCUT2D eigenvalue weighted by atomic mass is 9.84. The SMILES string of the molecule is CC(C)C1(F)CCCN(Cc2ccccc2S(=O)(=O)N2CCOCC2)C1. The molecule has 0 N–H and O–H groups in total. The second-order valence-electron chi connectivity index (χ2n) is 7.63. The Bertz CT molecular complexity index is 719. The molecule has 2 saturated heterocycles. The van der Waals surface area contributed by atoms with E-state index in [1.54, 1.807) is 12.1 Å². The van der Waals surface area contributed by atoms with Crippen LogP contribution in [0.5, 0.6) is 0 Å². The third kappa shape index (κ3) is 4.11. The Morgan fingerprint density at radius 1 is 1.19 bits per heavy atom. The van der Waals surface area contributed by atoms with E-state index >= 15 is 4.39 Å². The number of piperidine rings is 1. The van der Waals surface area contributed by atoms with Gasteiger partial charge in [0, 0.05) is 26.2 Å². The van der Waals surface area contributed by atoms with Crippen LogP contribution in [0, 0.1) is 5.92 Å². The van der Waals surface area contributed by atoms with Crippen LogP contribution in [0.1, 0.15) is 32.3 Å². The quantitative estimate of drug-likeness (QED) is 0.783. The molecule has 2 aliphatic heterocycles. The Labute approximate surface area is 156 Å². The number of hydrogen-bond acceptors (Lipinski definition) is 4. The fourth-order valence-corrected chi connectivity index (χ4v) is 5.41. The molecule has 3 rings (SSSR count). The molecular formula is C19H29FN2O3S. The zero-order valence-electron chi connectivity index (χ0n) is 15.7. The van der Waals surface area contributed by atoms with Gasteiger partial charge in [-0.1, -0.05) is 32.0 Å². The van der Waals surface area contributed by atoms with E-state index in [2.05, 4.69) is 4.90 Å². The van der Waals surface area contributed by atoms with Gasteiger partial charge >= 0.3 is 0 Å². The van der Waals surface area contributed by atoms with Crippen LogP contribution in [0.15, 0.2) is 29.2 Å². The van der Waals surface area contributed by atoms with Gasteiger partial charge in [-0.3, -0.25) is 4.90 Å². The molecule has 0 aromatic heterocycles. The van der Waals surface area contributed by atoms with Gasteiger partial charge in [-0.25, -0.2) is 12.8 Å². The monoisotopic (exact) mass is 384 g/mol. The van der Waals surface area contributed by atoms with Crippen molar-refractivity contribution in [2.75, 3.05) is 39.4 Å². The highest BCUT2D eigenvalue weighted by atomic mass is 32.2. The van der Waals surface area contributed by atoms with E-state index in [9.17, 15) is 8.42 Å². The van der Waals surface area contributed by atoms with Crippen molar-refractivity contribution in [3.8, 4) is 0 Å². The number of nitrogens with zero attached hydrogens (tertiary/aromatic N) is 2. The third-order valence-corrected chi connectivity index (χ3v) is 7.54. The highest BCUT2D eigenvalue weighted by Gasteiger charge is 2.38. The molecule has 5 nitrogen and oxygen atoms in total. The molecule has 2 fully saturated rings. The second kappa shape index (κ2) is 7.92. The molecule has 1 unspecified atom stereocenters. The molecular weight excluding hydrogens is 355 g/mol. The Kier molecular flexibility index (Phi) is 6.01. The molecule has 0 spiro atoms. The number of morpholine rings is 1. The number of sulfonamides is 1. The number of halogens is 1. The smallest absolute Gasteiger partial charge is 0.243 e. The van der Waals surface area contributed by atoms with Gasteiger partial charge in [0.2, 0.25) is 10.0 Å². The number of ether oxygens (including phenoxy) is 1. The van der Waals surface area contributed by atoms with Gasteiger partial charge in [0.05, 0.1) is 18.1 Å². The molecule has 0 bridgehead atoms. The zero-order chi connectivity index (χ0) is 18.8. The van der Waals surface area contributed by atoms with Crippen LogP contribution < -0.4 is 0 Å². The summed E-state index contributed by atoms with van der Waals surface area (Å²) in [6.07, 6.45) is 1.38. The predicted octanol–water partition coefficient (Wildman–Crippen LogP) is 2.67. The van der Waals surface area contributed by atoms with E-state index < -0.39 is 15.7 Å². The fraction of sp³-hybridized carbons (Fsp3) is 0.684. The van der Waals surface area contributed by atoms with Crippen molar-refractivity contribution in [3.05, 3.63) is 29.8 Å². The molecule has 146 valence electrons. The van der Waals surface area contributed by atoms with E-state index in [1.165, 1.54) is 4.31 Å². The molecule has 1 aromatic carbocycles. The highest BCUT2D eigenvalue weighted by Crippen LogP contribution is 2.33. The topological polar surface area (TPSA) is 49.9 Å². The van der Waals surface area contributed by atoms with Crippen molar-refractivity contribution in [1.29, 1.82) is 0 Å². The van der Waals surface area contributed by atoms with Crippen molar-refractivity contribution in [3.63, 3.8) is 0 Å². The summed E-state index contributed by atoms with van der Waals surface area (Å²) in [5.74, 6) is -0.0439. The van der Waals surface area contributed by atoms with Crippen LogP contribution in [0.2, 0.25) is 0 Å². The minimum Gasteiger partial charge on any atom is -0.379 e. The maximum Gasteiger partial charge on any atom is 0.243 e. The molecule has 2 aliphatic rings. The average Bonchev–Trinajstić information content (AvgIpc) is 2.63. The van der Waals surface area contributed by atoms with Crippen LogP contribution in [0.25, 0.3) is 0 Å². The summed E-state index contributed by atoms with van der Waals surface area (Å²) < 4.78 is 48.0. The summed E-state index contributed by atoms with van der Waals surface area (Å²) in [6.45, 7) is 7.04. The summed E-state index contributed by atoms with van der Waals surface area (Å²) in [5.41, 5.74) is -0.456.